The first-order valence-corrected chi connectivity index (χ1v) is 8.00. The van der Waals surface area contributed by atoms with Gasteiger partial charge in [0.05, 0.1) is 21.3 Å². The van der Waals surface area contributed by atoms with Crippen LogP contribution in [0.5, 0.6) is 17.2 Å². The van der Waals surface area contributed by atoms with Crippen LogP contribution in [0.4, 0.5) is 0 Å². The first-order chi connectivity index (χ1) is 11.2. The van der Waals surface area contributed by atoms with Crippen molar-refractivity contribution in [3.05, 3.63) is 17.7 Å². The van der Waals surface area contributed by atoms with Gasteiger partial charge >= 0.3 is 0 Å². The summed E-state index contributed by atoms with van der Waals surface area (Å²) in [5.74, 6) is 3.42. The lowest BCUT2D eigenvalue weighted by Gasteiger charge is -2.23. The number of benzene rings is 1. The molecule has 6 nitrogen and oxygen atoms in total. The predicted octanol–water partition coefficient (Wildman–Crippen LogP) is 2.58. The van der Waals surface area contributed by atoms with Crippen LogP contribution in [-0.2, 0) is 6.42 Å². The molecule has 1 aromatic carbocycles. The van der Waals surface area contributed by atoms with E-state index in [1.54, 1.807) is 21.3 Å². The maximum Gasteiger partial charge on any atom is 0.188 e. The Bertz CT molecular complexity index is 523. The van der Waals surface area contributed by atoms with Crippen LogP contribution < -0.4 is 25.3 Å². The summed E-state index contributed by atoms with van der Waals surface area (Å²) in [6, 6.07) is 3.71. The van der Waals surface area contributed by atoms with Crippen molar-refractivity contribution < 1.29 is 14.2 Å². The van der Waals surface area contributed by atoms with Crippen LogP contribution in [0.25, 0.3) is 0 Å². The maximum absolute atomic E-state index is 5.91. The summed E-state index contributed by atoms with van der Waals surface area (Å²) in [7, 11) is 4.90. The molecule has 24 heavy (non-hydrogen) atoms. The molecule has 0 heterocycles. The number of methoxy groups -OCH3 is 3. The van der Waals surface area contributed by atoms with Gasteiger partial charge < -0.3 is 25.3 Å². The fourth-order valence-electron chi connectivity index (χ4n) is 2.60. The van der Waals surface area contributed by atoms with E-state index in [0.29, 0.717) is 18.3 Å². The largest absolute Gasteiger partial charge is 0.496 e. The molecule has 0 aliphatic heterocycles. The van der Waals surface area contributed by atoms with Gasteiger partial charge in [-0.1, -0.05) is 6.42 Å². The Morgan fingerprint density at radius 2 is 1.79 bits per heavy atom. The van der Waals surface area contributed by atoms with Gasteiger partial charge in [0.25, 0.3) is 0 Å². The number of nitrogens with one attached hydrogen (secondary N) is 1. The molecule has 1 aliphatic carbocycles. The highest BCUT2D eigenvalue weighted by atomic mass is 127. The molecule has 1 aliphatic rings. The van der Waals surface area contributed by atoms with Gasteiger partial charge in [-0.15, -0.1) is 24.0 Å². The molecular weight excluding hydrogens is 421 g/mol. The second-order valence-electron chi connectivity index (χ2n) is 5.71. The van der Waals surface area contributed by atoms with Crippen LogP contribution in [-0.4, -0.2) is 40.4 Å². The minimum absolute atomic E-state index is 0. The van der Waals surface area contributed by atoms with Crippen molar-refractivity contribution in [2.24, 2.45) is 16.6 Å². The zero-order valence-electron chi connectivity index (χ0n) is 14.6. The molecule has 1 saturated carbocycles. The smallest absolute Gasteiger partial charge is 0.188 e. The van der Waals surface area contributed by atoms with Gasteiger partial charge in [0.2, 0.25) is 0 Å². The summed E-state index contributed by atoms with van der Waals surface area (Å²) in [5, 5.41) is 3.15. The third-order valence-corrected chi connectivity index (χ3v) is 4.24. The first-order valence-electron chi connectivity index (χ1n) is 8.00. The fourth-order valence-corrected chi connectivity index (χ4v) is 2.60. The third kappa shape index (κ3) is 5.61. The van der Waals surface area contributed by atoms with Crippen LogP contribution in [0.3, 0.4) is 0 Å². The zero-order valence-corrected chi connectivity index (χ0v) is 17.0. The van der Waals surface area contributed by atoms with Crippen LogP contribution >= 0.6 is 24.0 Å². The Kier molecular flexibility index (Phi) is 9.02. The number of aliphatic imine (C=N–C) groups is 1. The highest BCUT2D eigenvalue weighted by Gasteiger charge is 2.16. The van der Waals surface area contributed by atoms with Gasteiger partial charge in [-0.2, -0.15) is 0 Å². The summed E-state index contributed by atoms with van der Waals surface area (Å²) in [6.45, 7) is 1.49. The fraction of sp³-hybridized carbons (Fsp3) is 0.588. The highest BCUT2D eigenvalue weighted by molar-refractivity contribution is 14.0. The summed E-state index contributed by atoms with van der Waals surface area (Å²) in [6.07, 6.45) is 4.59. The lowest BCUT2D eigenvalue weighted by Crippen LogP contribution is -2.34. The average Bonchev–Trinajstić information content (AvgIpc) is 2.53. The van der Waals surface area contributed by atoms with Crippen molar-refractivity contribution in [2.75, 3.05) is 34.4 Å². The Labute approximate surface area is 161 Å². The van der Waals surface area contributed by atoms with E-state index < -0.39 is 0 Å². The van der Waals surface area contributed by atoms with Crippen LogP contribution in [0.15, 0.2) is 17.1 Å². The second-order valence-corrected chi connectivity index (χ2v) is 5.71. The zero-order chi connectivity index (χ0) is 16.7. The number of nitrogens with two attached hydrogens (primary N) is 1. The first kappa shape index (κ1) is 20.7. The van der Waals surface area contributed by atoms with Crippen LogP contribution in [0, 0.1) is 5.92 Å². The van der Waals surface area contributed by atoms with Gasteiger partial charge in [-0.3, -0.25) is 4.99 Å². The number of nitrogens with zero attached hydrogens (tertiary/aromatic N) is 1. The molecule has 136 valence electrons. The molecule has 1 fully saturated rings. The summed E-state index contributed by atoms with van der Waals surface area (Å²) < 4.78 is 16.1. The van der Waals surface area contributed by atoms with Crippen LogP contribution in [0.2, 0.25) is 0 Å². The van der Waals surface area contributed by atoms with Crippen molar-refractivity contribution in [2.45, 2.75) is 25.7 Å². The van der Waals surface area contributed by atoms with Gasteiger partial charge in [0, 0.05) is 30.8 Å². The van der Waals surface area contributed by atoms with Gasteiger partial charge in [-0.25, -0.2) is 0 Å². The Hall–Kier alpha value is -1.38. The Balaban J connectivity index is 0.00000288. The van der Waals surface area contributed by atoms with E-state index in [1.165, 1.54) is 19.3 Å². The van der Waals surface area contributed by atoms with Crippen molar-refractivity contribution in [1.82, 2.24) is 5.32 Å². The standard InChI is InChI=1S/C17H27N3O3.HI/c1-21-13-9-15(22-2)14(16(10-13)23-3)7-8-19-17(18)20-11-12-5-4-6-12;/h9-10,12H,4-8,11H2,1-3H3,(H3,18,19,20);1H. The van der Waals surface area contributed by atoms with E-state index in [1.807, 2.05) is 12.1 Å². The van der Waals surface area contributed by atoms with Crippen molar-refractivity contribution >= 4 is 29.9 Å². The molecule has 0 aromatic heterocycles. The third-order valence-electron chi connectivity index (χ3n) is 4.24. The molecule has 0 radical (unpaired) electrons. The quantitative estimate of drug-likeness (QED) is 0.363. The Morgan fingerprint density at radius 3 is 2.25 bits per heavy atom. The second kappa shape index (κ2) is 10.5. The number of halogens is 1. The van der Waals surface area contributed by atoms with E-state index in [0.717, 1.165) is 35.9 Å². The summed E-state index contributed by atoms with van der Waals surface area (Å²) in [5.41, 5.74) is 6.89. The van der Waals surface area contributed by atoms with Crippen LogP contribution in [0.1, 0.15) is 24.8 Å². The molecule has 0 amide bonds. The Morgan fingerprint density at radius 1 is 1.17 bits per heavy atom. The SMILES string of the molecule is COc1cc(OC)c(CCNC(N)=NCC2CCC2)c(OC)c1.I. The maximum atomic E-state index is 5.91. The van der Waals surface area contributed by atoms with Gasteiger partial charge in [0.15, 0.2) is 5.96 Å². The molecule has 3 N–H and O–H groups in total. The average molecular weight is 449 g/mol. The molecule has 7 heteroatoms. The summed E-state index contributed by atoms with van der Waals surface area (Å²) in [4.78, 5) is 4.39. The normalized spacial score (nSPS) is 14.4. The molecule has 0 spiro atoms. The van der Waals surface area contributed by atoms with E-state index in [9.17, 15) is 0 Å². The van der Waals surface area contributed by atoms with E-state index in [4.69, 9.17) is 19.9 Å². The minimum Gasteiger partial charge on any atom is -0.496 e. The molecule has 0 unspecified atom stereocenters. The van der Waals surface area contributed by atoms with Gasteiger partial charge in [0.1, 0.15) is 17.2 Å². The minimum atomic E-state index is 0. The lowest BCUT2D eigenvalue weighted by atomic mass is 9.86. The molecule has 0 bridgehead atoms. The van der Waals surface area contributed by atoms with Gasteiger partial charge in [-0.05, 0) is 25.2 Å². The van der Waals surface area contributed by atoms with E-state index in [-0.39, 0.29) is 24.0 Å². The lowest BCUT2D eigenvalue weighted by molar-refractivity contribution is 0.326. The van der Waals surface area contributed by atoms with Crippen molar-refractivity contribution in [3.63, 3.8) is 0 Å². The number of ether oxygens (including phenoxy) is 3. The topological polar surface area (TPSA) is 78.1 Å². The number of hydrogen-bond donors (Lipinski definition) is 2. The summed E-state index contributed by atoms with van der Waals surface area (Å²) >= 11 is 0. The molecule has 2 rings (SSSR count). The van der Waals surface area contributed by atoms with Crippen molar-refractivity contribution in [3.8, 4) is 17.2 Å². The predicted molar refractivity (Wildman–Crippen MR) is 107 cm³/mol. The number of guanidine groups is 1. The molecule has 1 aromatic rings. The molecular formula is C17H28IN3O3. The number of hydrogen-bond acceptors (Lipinski definition) is 4. The number of rotatable bonds is 8. The van der Waals surface area contributed by atoms with E-state index in [2.05, 4.69) is 10.3 Å². The van der Waals surface area contributed by atoms with E-state index >= 15 is 0 Å². The molecule has 0 saturated heterocycles. The van der Waals surface area contributed by atoms with Crippen molar-refractivity contribution in [1.29, 1.82) is 0 Å². The molecule has 0 atom stereocenters. The highest BCUT2D eigenvalue weighted by Crippen LogP contribution is 2.34. The monoisotopic (exact) mass is 449 g/mol.